The monoisotopic (exact) mass is 356 g/mol. The van der Waals surface area contributed by atoms with Gasteiger partial charge in [0.15, 0.2) is 9.84 Å². The van der Waals surface area contributed by atoms with Gasteiger partial charge in [-0.05, 0) is 12.2 Å². The molecule has 1 aliphatic carbocycles. The van der Waals surface area contributed by atoms with Gasteiger partial charge in [-0.3, -0.25) is 0 Å². The van der Waals surface area contributed by atoms with E-state index >= 15 is 0 Å². The molecular weight excluding hydrogens is 344 g/mol. The minimum Gasteiger partial charge on any atom is -0.466 e. The van der Waals surface area contributed by atoms with Crippen molar-refractivity contribution in [2.24, 2.45) is 5.41 Å². The molecule has 0 spiro atoms. The Morgan fingerprint density at radius 3 is 2.50 bits per heavy atom. The summed E-state index contributed by atoms with van der Waals surface area (Å²) < 4.78 is 28.2. The van der Waals surface area contributed by atoms with Gasteiger partial charge in [0.25, 0.3) is 0 Å². The average molecular weight is 358 g/mol. The highest BCUT2D eigenvalue weighted by atomic mass is 79.9. The van der Waals surface area contributed by atoms with Crippen molar-refractivity contribution in [3.05, 3.63) is 22.6 Å². The molecule has 18 heavy (non-hydrogen) atoms. The molecule has 0 amide bonds. The van der Waals surface area contributed by atoms with E-state index in [1.165, 1.54) is 19.3 Å². The number of sulfone groups is 1. The van der Waals surface area contributed by atoms with E-state index in [0.717, 1.165) is 6.26 Å². The fourth-order valence-corrected chi connectivity index (χ4v) is 4.65. The SMILES string of the molecule is COC(=O)C1=CC=C(S(C)(=O)=O)C(C)(CBr)C1Cl. The lowest BCUT2D eigenvalue weighted by Crippen LogP contribution is -2.40. The van der Waals surface area contributed by atoms with Crippen LogP contribution in [-0.2, 0) is 19.4 Å². The van der Waals surface area contributed by atoms with Crippen LogP contribution in [-0.4, -0.2) is 38.5 Å². The molecule has 2 atom stereocenters. The Bertz CT molecular complexity index is 523. The number of ether oxygens (including phenoxy) is 1. The van der Waals surface area contributed by atoms with Gasteiger partial charge in [0.2, 0.25) is 0 Å². The summed E-state index contributed by atoms with van der Waals surface area (Å²) in [6.45, 7) is 1.70. The van der Waals surface area contributed by atoms with Crippen molar-refractivity contribution in [1.29, 1.82) is 0 Å². The van der Waals surface area contributed by atoms with Crippen LogP contribution in [0.3, 0.4) is 0 Å². The van der Waals surface area contributed by atoms with Gasteiger partial charge in [-0.15, -0.1) is 11.6 Å². The highest BCUT2D eigenvalue weighted by molar-refractivity contribution is 9.09. The molecule has 4 nitrogen and oxygen atoms in total. The second-order valence-electron chi connectivity index (χ2n) is 4.33. The molecule has 0 aliphatic heterocycles. The minimum atomic E-state index is -3.38. The Morgan fingerprint density at radius 1 is 1.56 bits per heavy atom. The predicted molar refractivity (Wildman–Crippen MR) is 74.6 cm³/mol. The molecule has 1 aliphatic rings. The lowest BCUT2D eigenvalue weighted by Gasteiger charge is -2.36. The predicted octanol–water partition coefficient (Wildman–Crippen LogP) is 2.04. The molecule has 0 aromatic carbocycles. The van der Waals surface area contributed by atoms with E-state index in [4.69, 9.17) is 11.6 Å². The van der Waals surface area contributed by atoms with Gasteiger partial charge < -0.3 is 4.74 Å². The van der Waals surface area contributed by atoms with E-state index in [0.29, 0.717) is 5.33 Å². The number of carbonyl (C=O) groups is 1. The molecule has 0 aromatic rings. The maximum absolute atomic E-state index is 11.8. The molecule has 0 saturated heterocycles. The van der Waals surface area contributed by atoms with Crippen LogP contribution in [0.5, 0.6) is 0 Å². The Balaban J connectivity index is 3.41. The molecule has 102 valence electrons. The third kappa shape index (κ3) is 2.65. The van der Waals surface area contributed by atoms with Crippen molar-refractivity contribution in [1.82, 2.24) is 0 Å². The van der Waals surface area contributed by atoms with Crippen molar-refractivity contribution >= 4 is 43.3 Å². The van der Waals surface area contributed by atoms with Crippen LogP contribution in [0.2, 0.25) is 0 Å². The second kappa shape index (κ2) is 5.35. The first kappa shape index (κ1) is 15.7. The number of hydrogen-bond donors (Lipinski definition) is 0. The van der Waals surface area contributed by atoms with E-state index in [2.05, 4.69) is 20.7 Å². The fourth-order valence-electron chi connectivity index (χ4n) is 1.88. The van der Waals surface area contributed by atoms with Crippen LogP contribution in [0, 0.1) is 5.41 Å². The van der Waals surface area contributed by atoms with Gasteiger partial charge in [0, 0.05) is 17.0 Å². The van der Waals surface area contributed by atoms with Crippen LogP contribution in [0.25, 0.3) is 0 Å². The topological polar surface area (TPSA) is 60.4 Å². The first-order chi connectivity index (χ1) is 8.18. The van der Waals surface area contributed by atoms with Crippen LogP contribution in [0.15, 0.2) is 22.6 Å². The molecule has 0 saturated carbocycles. The van der Waals surface area contributed by atoms with Gasteiger partial charge >= 0.3 is 5.97 Å². The molecule has 7 heteroatoms. The molecule has 0 fully saturated rings. The molecule has 2 unspecified atom stereocenters. The summed E-state index contributed by atoms with van der Waals surface area (Å²) in [5, 5.41) is -0.444. The molecule has 0 heterocycles. The first-order valence-corrected chi connectivity index (χ1v) is 8.54. The highest BCUT2D eigenvalue weighted by Gasteiger charge is 2.45. The van der Waals surface area contributed by atoms with Crippen molar-refractivity contribution in [3.63, 3.8) is 0 Å². The Labute approximate surface area is 120 Å². The summed E-state index contributed by atoms with van der Waals surface area (Å²) in [5.74, 6) is -0.550. The normalized spacial score (nSPS) is 28.4. The van der Waals surface area contributed by atoms with Crippen LogP contribution < -0.4 is 0 Å². The molecule has 0 aromatic heterocycles. The largest absolute Gasteiger partial charge is 0.466 e. The van der Waals surface area contributed by atoms with Crippen LogP contribution >= 0.6 is 27.5 Å². The molecule has 0 radical (unpaired) electrons. The minimum absolute atomic E-state index is 0.208. The zero-order valence-corrected chi connectivity index (χ0v) is 13.4. The number of methoxy groups -OCH3 is 1. The van der Waals surface area contributed by atoms with Crippen LogP contribution in [0.4, 0.5) is 0 Å². The van der Waals surface area contributed by atoms with Gasteiger partial charge in [-0.2, -0.15) is 0 Å². The molecule has 1 rings (SSSR count). The number of carbonyl (C=O) groups excluding carboxylic acids is 1. The lowest BCUT2D eigenvalue weighted by atomic mass is 9.81. The molecule has 0 N–H and O–H groups in total. The Morgan fingerprint density at radius 2 is 2.11 bits per heavy atom. The number of rotatable bonds is 3. The van der Waals surface area contributed by atoms with E-state index in [1.54, 1.807) is 6.92 Å². The van der Waals surface area contributed by atoms with Crippen molar-refractivity contribution in [2.75, 3.05) is 18.7 Å². The molecular formula is C11H14BrClO4S. The number of hydrogen-bond acceptors (Lipinski definition) is 4. The Kier molecular flexibility index (Phi) is 4.67. The number of alkyl halides is 2. The first-order valence-electron chi connectivity index (χ1n) is 5.09. The lowest BCUT2D eigenvalue weighted by molar-refractivity contribution is -0.136. The zero-order chi connectivity index (χ0) is 14.1. The van der Waals surface area contributed by atoms with Crippen molar-refractivity contribution in [3.8, 4) is 0 Å². The van der Waals surface area contributed by atoms with Crippen LogP contribution in [0.1, 0.15) is 6.92 Å². The smallest absolute Gasteiger partial charge is 0.335 e. The summed E-state index contributed by atoms with van der Waals surface area (Å²) in [6, 6.07) is 0. The maximum atomic E-state index is 11.8. The fraction of sp³-hybridized carbons (Fsp3) is 0.545. The van der Waals surface area contributed by atoms with Gasteiger partial charge in [0.05, 0.1) is 23.0 Å². The summed E-state index contributed by atoms with van der Waals surface area (Å²) in [7, 11) is -2.13. The third-order valence-electron chi connectivity index (χ3n) is 2.91. The molecule has 0 bridgehead atoms. The van der Waals surface area contributed by atoms with E-state index in [-0.39, 0.29) is 10.5 Å². The average Bonchev–Trinajstić information content (AvgIpc) is 2.30. The Hall–Kier alpha value is -0.330. The zero-order valence-electron chi connectivity index (χ0n) is 10.2. The van der Waals surface area contributed by atoms with Gasteiger partial charge in [0.1, 0.15) is 0 Å². The van der Waals surface area contributed by atoms with E-state index < -0.39 is 26.6 Å². The summed E-state index contributed by atoms with van der Waals surface area (Å²) in [4.78, 5) is 11.8. The quantitative estimate of drug-likeness (QED) is 0.573. The summed E-state index contributed by atoms with van der Waals surface area (Å²) >= 11 is 9.53. The van der Waals surface area contributed by atoms with Crippen molar-refractivity contribution in [2.45, 2.75) is 12.3 Å². The van der Waals surface area contributed by atoms with E-state index in [1.807, 2.05) is 0 Å². The third-order valence-corrected chi connectivity index (χ3v) is 6.19. The van der Waals surface area contributed by atoms with E-state index in [9.17, 15) is 13.2 Å². The number of allylic oxidation sites excluding steroid dienone is 3. The van der Waals surface area contributed by atoms with Crippen molar-refractivity contribution < 1.29 is 17.9 Å². The standard InChI is InChI=1S/C11H14BrClO4S/c1-11(6-12)8(18(3,15)16)5-4-7(9(11)13)10(14)17-2/h4-5,9H,6H2,1-3H3. The summed E-state index contributed by atoms with van der Waals surface area (Å²) in [6.07, 6.45) is 3.95. The van der Waals surface area contributed by atoms with Gasteiger partial charge in [-0.1, -0.05) is 22.9 Å². The second-order valence-corrected chi connectivity index (χ2v) is 7.31. The number of esters is 1. The summed E-state index contributed by atoms with van der Waals surface area (Å²) in [5.41, 5.74) is -0.624. The number of halogens is 2. The highest BCUT2D eigenvalue weighted by Crippen LogP contribution is 2.44. The van der Waals surface area contributed by atoms with Gasteiger partial charge in [-0.25, -0.2) is 13.2 Å². The maximum Gasteiger partial charge on any atom is 0.335 e.